The first kappa shape index (κ1) is 12.5. The van der Waals surface area contributed by atoms with E-state index in [1.807, 2.05) is 7.05 Å². The topological polar surface area (TPSA) is 15.3 Å². The van der Waals surface area contributed by atoms with Gasteiger partial charge in [-0.05, 0) is 54.5 Å². The second-order valence-corrected chi connectivity index (χ2v) is 4.59. The Hall–Kier alpha value is -0.540. The molecule has 1 aromatic carbocycles. The monoisotopic (exact) mass is 270 g/mol. The van der Waals surface area contributed by atoms with Crippen molar-refractivity contribution in [2.45, 2.75) is 19.9 Å². The lowest BCUT2D eigenvalue weighted by Gasteiger charge is -2.20. The Kier molecular flexibility index (Phi) is 4.61. The van der Waals surface area contributed by atoms with E-state index in [1.165, 1.54) is 11.3 Å². The highest BCUT2D eigenvalue weighted by atomic mass is 79.9. The van der Waals surface area contributed by atoms with Gasteiger partial charge < -0.3 is 10.2 Å². The summed E-state index contributed by atoms with van der Waals surface area (Å²) < 4.78 is 1.16. The molecule has 0 spiro atoms. The Bertz CT molecular complexity index is 325. The minimum Gasteiger partial charge on any atom is -0.374 e. The maximum atomic E-state index is 3.62. The van der Waals surface area contributed by atoms with Gasteiger partial charge in [0, 0.05) is 24.1 Å². The highest BCUT2D eigenvalue weighted by Gasteiger charge is 2.07. The molecule has 0 aliphatic rings. The molecule has 0 aliphatic carbocycles. The normalized spacial score (nSPS) is 12.6. The predicted molar refractivity (Wildman–Crippen MR) is 70.6 cm³/mol. The van der Waals surface area contributed by atoms with E-state index >= 15 is 0 Å². The SMILES string of the molecule is CCN(C)c1ccc(C(C)NC)cc1Br. The van der Waals surface area contributed by atoms with Gasteiger partial charge in [0.25, 0.3) is 0 Å². The molecule has 3 heteroatoms. The summed E-state index contributed by atoms with van der Waals surface area (Å²) in [6, 6.07) is 6.91. The molecule has 0 heterocycles. The summed E-state index contributed by atoms with van der Waals surface area (Å²) in [7, 11) is 4.08. The van der Waals surface area contributed by atoms with Gasteiger partial charge in [0.2, 0.25) is 0 Å². The molecule has 1 N–H and O–H groups in total. The fraction of sp³-hybridized carbons (Fsp3) is 0.500. The van der Waals surface area contributed by atoms with E-state index < -0.39 is 0 Å². The standard InChI is InChI=1S/C12H19BrN2/c1-5-15(4)12-7-6-10(8-11(12)13)9(2)14-3/h6-9,14H,5H2,1-4H3. The highest BCUT2D eigenvalue weighted by Crippen LogP contribution is 2.28. The second kappa shape index (κ2) is 5.52. The summed E-state index contributed by atoms with van der Waals surface area (Å²) in [4.78, 5) is 2.22. The summed E-state index contributed by atoms with van der Waals surface area (Å²) in [6.07, 6.45) is 0. The summed E-state index contributed by atoms with van der Waals surface area (Å²) >= 11 is 3.62. The lowest BCUT2D eigenvalue weighted by atomic mass is 10.1. The fourth-order valence-corrected chi connectivity index (χ4v) is 2.14. The van der Waals surface area contributed by atoms with E-state index in [1.54, 1.807) is 0 Å². The van der Waals surface area contributed by atoms with Crippen molar-refractivity contribution in [2.24, 2.45) is 0 Å². The van der Waals surface area contributed by atoms with Crippen LogP contribution in [0.3, 0.4) is 0 Å². The van der Waals surface area contributed by atoms with Crippen LogP contribution in [0.25, 0.3) is 0 Å². The van der Waals surface area contributed by atoms with Crippen LogP contribution in [0, 0.1) is 0 Å². The fourth-order valence-electron chi connectivity index (χ4n) is 1.44. The van der Waals surface area contributed by atoms with Gasteiger partial charge in [-0.3, -0.25) is 0 Å². The van der Waals surface area contributed by atoms with E-state index in [9.17, 15) is 0 Å². The summed E-state index contributed by atoms with van der Waals surface area (Å²) in [5.74, 6) is 0. The Balaban J connectivity index is 2.97. The Labute approximate surface area is 101 Å². The number of nitrogens with one attached hydrogen (secondary N) is 1. The molecular weight excluding hydrogens is 252 g/mol. The highest BCUT2D eigenvalue weighted by molar-refractivity contribution is 9.10. The molecular formula is C12H19BrN2. The minimum absolute atomic E-state index is 0.391. The van der Waals surface area contributed by atoms with Crippen LogP contribution < -0.4 is 10.2 Å². The van der Waals surface area contributed by atoms with E-state index in [2.05, 4.69) is 65.2 Å². The lowest BCUT2D eigenvalue weighted by Crippen LogP contribution is -2.17. The smallest absolute Gasteiger partial charge is 0.0508 e. The van der Waals surface area contributed by atoms with Crippen LogP contribution in [0.2, 0.25) is 0 Å². The number of rotatable bonds is 4. The number of anilines is 1. The molecule has 0 saturated carbocycles. The van der Waals surface area contributed by atoms with Gasteiger partial charge in [0.1, 0.15) is 0 Å². The van der Waals surface area contributed by atoms with Gasteiger partial charge >= 0.3 is 0 Å². The van der Waals surface area contributed by atoms with Crippen molar-refractivity contribution < 1.29 is 0 Å². The van der Waals surface area contributed by atoms with Gasteiger partial charge in [-0.15, -0.1) is 0 Å². The molecule has 84 valence electrons. The second-order valence-electron chi connectivity index (χ2n) is 3.74. The van der Waals surface area contributed by atoms with Crippen LogP contribution in [-0.4, -0.2) is 20.6 Å². The molecule has 0 aliphatic heterocycles. The molecule has 0 bridgehead atoms. The van der Waals surface area contributed by atoms with Crippen molar-refractivity contribution in [1.82, 2.24) is 5.32 Å². The van der Waals surface area contributed by atoms with E-state index in [0.29, 0.717) is 6.04 Å². The number of nitrogens with zero attached hydrogens (tertiary/aromatic N) is 1. The average Bonchev–Trinajstić information content (AvgIpc) is 2.26. The van der Waals surface area contributed by atoms with Crippen LogP contribution in [0.4, 0.5) is 5.69 Å². The molecule has 0 amide bonds. The Morgan fingerprint density at radius 3 is 2.60 bits per heavy atom. The van der Waals surface area contributed by atoms with Crippen LogP contribution in [0.1, 0.15) is 25.5 Å². The number of halogens is 1. The molecule has 1 rings (SSSR count). The largest absolute Gasteiger partial charge is 0.374 e. The molecule has 0 aromatic heterocycles. The first-order valence-electron chi connectivity index (χ1n) is 5.28. The zero-order valence-electron chi connectivity index (χ0n) is 9.84. The van der Waals surface area contributed by atoms with Crippen molar-refractivity contribution in [3.05, 3.63) is 28.2 Å². The third-order valence-electron chi connectivity index (χ3n) is 2.79. The molecule has 2 nitrogen and oxygen atoms in total. The summed E-state index contributed by atoms with van der Waals surface area (Å²) in [5.41, 5.74) is 2.54. The lowest BCUT2D eigenvalue weighted by molar-refractivity contribution is 0.652. The molecule has 1 atom stereocenters. The maximum Gasteiger partial charge on any atom is 0.0508 e. The zero-order valence-corrected chi connectivity index (χ0v) is 11.4. The van der Waals surface area contributed by atoms with Crippen LogP contribution in [-0.2, 0) is 0 Å². The van der Waals surface area contributed by atoms with Gasteiger partial charge in [-0.2, -0.15) is 0 Å². The first-order valence-corrected chi connectivity index (χ1v) is 6.07. The zero-order chi connectivity index (χ0) is 11.4. The van der Waals surface area contributed by atoms with Crippen molar-refractivity contribution in [3.8, 4) is 0 Å². The van der Waals surface area contributed by atoms with Gasteiger partial charge in [-0.25, -0.2) is 0 Å². The molecule has 15 heavy (non-hydrogen) atoms. The Morgan fingerprint density at radius 2 is 2.13 bits per heavy atom. The predicted octanol–water partition coefficient (Wildman–Crippen LogP) is 3.19. The third kappa shape index (κ3) is 2.95. The van der Waals surface area contributed by atoms with Crippen molar-refractivity contribution in [1.29, 1.82) is 0 Å². The molecule has 0 fully saturated rings. The summed E-state index contributed by atoms with van der Waals surface area (Å²) in [6.45, 7) is 5.32. The van der Waals surface area contributed by atoms with E-state index in [4.69, 9.17) is 0 Å². The molecule has 1 aromatic rings. The van der Waals surface area contributed by atoms with Gasteiger partial charge in [0.15, 0.2) is 0 Å². The number of benzene rings is 1. The molecule has 0 radical (unpaired) electrons. The van der Waals surface area contributed by atoms with Gasteiger partial charge in [0.05, 0.1) is 5.69 Å². The van der Waals surface area contributed by atoms with Crippen LogP contribution in [0.15, 0.2) is 22.7 Å². The van der Waals surface area contributed by atoms with Crippen LogP contribution >= 0.6 is 15.9 Å². The van der Waals surface area contributed by atoms with Gasteiger partial charge in [-0.1, -0.05) is 6.07 Å². The number of hydrogen-bond acceptors (Lipinski definition) is 2. The third-order valence-corrected chi connectivity index (χ3v) is 3.43. The first-order chi connectivity index (χ1) is 7.10. The van der Waals surface area contributed by atoms with Crippen molar-refractivity contribution >= 4 is 21.6 Å². The maximum absolute atomic E-state index is 3.62. The van der Waals surface area contributed by atoms with E-state index in [-0.39, 0.29) is 0 Å². The van der Waals surface area contributed by atoms with Crippen molar-refractivity contribution in [3.63, 3.8) is 0 Å². The van der Waals surface area contributed by atoms with Crippen LogP contribution in [0.5, 0.6) is 0 Å². The molecule has 1 unspecified atom stereocenters. The van der Waals surface area contributed by atoms with E-state index in [0.717, 1.165) is 11.0 Å². The average molecular weight is 271 g/mol. The quantitative estimate of drug-likeness (QED) is 0.904. The Morgan fingerprint density at radius 1 is 1.47 bits per heavy atom. The number of hydrogen-bond donors (Lipinski definition) is 1. The minimum atomic E-state index is 0.391. The summed E-state index contributed by atoms with van der Waals surface area (Å²) in [5, 5.41) is 3.24. The van der Waals surface area contributed by atoms with Crippen molar-refractivity contribution in [2.75, 3.05) is 25.5 Å². The molecule has 0 saturated heterocycles.